The summed E-state index contributed by atoms with van der Waals surface area (Å²) in [6.07, 6.45) is 3.37. The molecule has 1 heterocycles. The van der Waals surface area contributed by atoms with Crippen LogP contribution in [0.25, 0.3) is 0 Å². The van der Waals surface area contributed by atoms with Crippen molar-refractivity contribution in [2.24, 2.45) is 0 Å². The van der Waals surface area contributed by atoms with Crippen molar-refractivity contribution in [1.82, 2.24) is 0 Å². The monoisotopic (exact) mass is 250 g/mol. The Bertz CT molecular complexity index is 324. The van der Waals surface area contributed by atoms with Gasteiger partial charge in [-0.15, -0.1) is 0 Å². The zero-order chi connectivity index (χ0) is 12.6. The maximum absolute atomic E-state index is 5.82. The minimum absolute atomic E-state index is 0.0333. The van der Waals surface area contributed by atoms with Crippen LogP contribution >= 0.6 is 0 Å². The Kier molecular flexibility index (Phi) is 5.65. The van der Waals surface area contributed by atoms with Gasteiger partial charge in [-0.1, -0.05) is 30.3 Å². The van der Waals surface area contributed by atoms with Crippen LogP contribution in [0.1, 0.15) is 31.7 Å². The van der Waals surface area contributed by atoms with Gasteiger partial charge in [-0.25, -0.2) is 0 Å². The van der Waals surface area contributed by atoms with Crippen molar-refractivity contribution >= 4 is 0 Å². The molecule has 0 aliphatic carbocycles. The first-order chi connectivity index (χ1) is 8.88. The Labute approximate surface area is 109 Å². The summed E-state index contributed by atoms with van der Waals surface area (Å²) in [4.78, 5) is 0. The quantitative estimate of drug-likeness (QED) is 0.776. The van der Waals surface area contributed by atoms with E-state index in [1.54, 1.807) is 0 Å². The summed E-state index contributed by atoms with van der Waals surface area (Å²) in [7, 11) is 0. The minimum Gasteiger partial charge on any atom is -0.374 e. The summed E-state index contributed by atoms with van der Waals surface area (Å²) < 4.78 is 17.0. The van der Waals surface area contributed by atoms with Crippen molar-refractivity contribution < 1.29 is 14.2 Å². The van der Waals surface area contributed by atoms with Crippen LogP contribution in [-0.4, -0.2) is 25.6 Å². The van der Waals surface area contributed by atoms with E-state index in [1.807, 2.05) is 25.1 Å². The number of hydrogen-bond donors (Lipinski definition) is 0. The highest BCUT2D eigenvalue weighted by Gasteiger charge is 2.22. The van der Waals surface area contributed by atoms with Crippen LogP contribution in [0.2, 0.25) is 0 Å². The van der Waals surface area contributed by atoms with Gasteiger partial charge in [0, 0.05) is 6.61 Å². The first-order valence-corrected chi connectivity index (χ1v) is 6.77. The third-order valence-electron chi connectivity index (χ3n) is 3.08. The summed E-state index contributed by atoms with van der Waals surface area (Å²) in [5.74, 6) is 0. The molecule has 100 valence electrons. The zero-order valence-corrected chi connectivity index (χ0v) is 11.0. The number of rotatable bonds is 6. The largest absolute Gasteiger partial charge is 0.374 e. The SMILES string of the molecule is CCO[C@H]1CCC[C@@H](COCc2ccccc2)O1. The molecule has 0 amide bonds. The smallest absolute Gasteiger partial charge is 0.158 e. The van der Waals surface area contributed by atoms with E-state index in [-0.39, 0.29) is 12.4 Å². The molecule has 1 fully saturated rings. The Morgan fingerprint density at radius 2 is 2.06 bits per heavy atom. The Balaban J connectivity index is 1.67. The fraction of sp³-hybridized carbons (Fsp3) is 0.600. The van der Waals surface area contributed by atoms with Crippen LogP contribution in [0.4, 0.5) is 0 Å². The Morgan fingerprint density at radius 3 is 2.83 bits per heavy atom. The maximum Gasteiger partial charge on any atom is 0.158 e. The highest BCUT2D eigenvalue weighted by molar-refractivity contribution is 5.13. The second kappa shape index (κ2) is 7.52. The van der Waals surface area contributed by atoms with Gasteiger partial charge in [-0.2, -0.15) is 0 Å². The van der Waals surface area contributed by atoms with E-state index < -0.39 is 0 Å². The molecule has 0 saturated carbocycles. The van der Waals surface area contributed by atoms with Gasteiger partial charge in [0.1, 0.15) is 0 Å². The highest BCUT2D eigenvalue weighted by atomic mass is 16.7. The van der Waals surface area contributed by atoms with Gasteiger partial charge in [-0.3, -0.25) is 0 Å². The van der Waals surface area contributed by atoms with Gasteiger partial charge in [0.05, 0.1) is 19.3 Å². The number of hydrogen-bond acceptors (Lipinski definition) is 3. The predicted octanol–water partition coefficient (Wildman–Crippen LogP) is 3.13. The van der Waals surface area contributed by atoms with Crippen LogP contribution in [0.3, 0.4) is 0 Å². The van der Waals surface area contributed by atoms with Crippen molar-refractivity contribution in [3.8, 4) is 0 Å². The Hall–Kier alpha value is -0.900. The molecule has 3 nitrogen and oxygen atoms in total. The molecule has 0 radical (unpaired) electrons. The lowest BCUT2D eigenvalue weighted by atomic mass is 10.1. The lowest BCUT2D eigenvalue weighted by Gasteiger charge is -2.29. The fourth-order valence-electron chi connectivity index (χ4n) is 2.18. The zero-order valence-electron chi connectivity index (χ0n) is 11.0. The molecule has 0 bridgehead atoms. The average molecular weight is 250 g/mol. The maximum atomic E-state index is 5.82. The summed E-state index contributed by atoms with van der Waals surface area (Å²) >= 11 is 0. The second-order valence-electron chi connectivity index (χ2n) is 4.57. The molecule has 3 heteroatoms. The molecule has 1 aromatic carbocycles. The van der Waals surface area contributed by atoms with Crippen molar-refractivity contribution in [2.75, 3.05) is 13.2 Å². The van der Waals surface area contributed by atoms with Gasteiger partial charge in [0.2, 0.25) is 0 Å². The van der Waals surface area contributed by atoms with E-state index >= 15 is 0 Å². The second-order valence-corrected chi connectivity index (χ2v) is 4.57. The van der Waals surface area contributed by atoms with E-state index in [0.717, 1.165) is 19.3 Å². The van der Waals surface area contributed by atoms with E-state index in [4.69, 9.17) is 14.2 Å². The molecular weight excluding hydrogens is 228 g/mol. The minimum atomic E-state index is -0.0333. The third-order valence-corrected chi connectivity index (χ3v) is 3.08. The lowest BCUT2D eigenvalue weighted by molar-refractivity contribution is -0.203. The molecule has 0 spiro atoms. The molecule has 2 atom stereocenters. The van der Waals surface area contributed by atoms with Gasteiger partial charge in [-0.05, 0) is 31.7 Å². The molecule has 0 unspecified atom stereocenters. The van der Waals surface area contributed by atoms with Gasteiger partial charge < -0.3 is 14.2 Å². The summed E-state index contributed by atoms with van der Waals surface area (Å²) in [5.41, 5.74) is 1.20. The first-order valence-electron chi connectivity index (χ1n) is 6.77. The standard InChI is InChI=1S/C15H22O3/c1-2-17-15-10-6-9-14(18-15)12-16-11-13-7-4-3-5-8-13/h3-5,7-8,14-15H,2,6,9-12H2,1H3/t14-,15+/m0/s1. The van der Waals surface area contributed by atoms with E-state index in [1.165, 1.54) is 5.56 Å². The molecular formula is C15H22O3. The van der Waals surface area contributed by atoms with Crippen LogP contribution in [0.15, 0.2) is 30.3 Å². The molecule has 0 aromatic heterocycles. The molecule has 18 heavy (non-hydrogen) atoms. The molecule has 1 aromatic rings. The van der Waals surface area contributed by atoms with Crippen molar-refractivity contribution in [3.63, 3.8) is 0 Å². The van der Waals surface area contributed by atoms with E-state index in [0.29, 0.717) is 19.8 Å². The molecule has 2 rings (SSSR count). The average Bonchev–Trinajstić information content (AvgIpc) is 2.41. The van der Waals surface area contributed by atoms with E-state index in [9.17, 15) is 0 Å². The Morgan fingerprint density at radius 1 is 1.22 bits per heavy atom. The summed E-state index contributed by atoms with van der Waals surface area (Å²) in [5, 5.41) is 0. The summed E-state index contributed by atoms with van der Waals surface area (Å²) in [6.45, 7) is 4.01. The van der Waals surface area contributed by atoms with Crippen LogP contribution < -0.4 is 0 Å². The van der Waals surface area contributed by atoms with Crippen molar-refractivity contribution in [3.05, 3.63) is 35.9 Å². The highest BCUT2D eigenvalue weighted by Crippen LogP contribution is 2.20. The normalized spacial score (nSPS) is 24.1. The van der Waals surface area contributed by atoms with Gasteiger partial charge in [0.25, 0.3) is 0 Å². The molecule has 0 N–H and O–H groups in total. The van der Waals surface area contributed by atoms with Crippen LogP contribution in [-0.2, 0) is 20.8 Å². The first kappa shape index (κ1) is 13.5. The molecule has 1 saturated heterocycles. The number of ether oxygens (including phenoxy) is 3. The van der Waals surface area contributed by atoms with Gasteiger partial charge >= 0.3 is 0 Å². The summed E-state index contributed by atoms with van der Waals surface area (Å²) in [6, 6.07) is 10.2. The van der Waals surface area contributed by atoms with Crippen molar-refractivity contribution in [1.29, 1.82) is 0 Å². The molecule has 1 aliphatic heterocycles. The van der Waals surface area contributed by atoms with E-state index in [2.05, 4.69) is 12.1 Å². The third kappa shape index (κ3) is 4.41. The van der Waals surface area contributed by atoms with Gasteiger partial charge in [0.15, 0.2) is 6.29 Å². The van der Waals surface area contributed by atoms with Crippen LogP contribution in [0, 0.1) is 0 Å². The lowest BCUT2D eigenvalue weighted by Crippen LogP contribution is -2.32. The fourth-order valence-corrected chi connectivity index (χ4v) is 2.18. The van der Waals surface area contributed by atoms with Crippen molar-refractivity contribution in [2.45, 2.75) is 45.2 Å². The molecule has 1 aliphatic rings. The number of benzene rings is 1. The van der Waals surface area contributed by atoms with Crippen LogP contribution in [0.5, 0.6) is 0 Å². The topological polar surface area (TPSA) is 27.7 Å². The predicted molar refractivity (Wildman–Crippen MR) is 70.2 cm³/mol.